The second kappa shape index (κ2) is 20.0. The smallest absolute Gasteiger partial charge is 0.241 e. The minimum absolute atomic E-state index is 0.0462. The molecular weight excluding hydrogens is 833 g/mol. The third kappa shape index (κ3) is 10.8. The Kier molecular flexibility index (Phi) is 13.9. The molecular formula is C49H48N6O6S2. The van der Waals surface area contributed by atoms with Gasteiger partial charge >= 0.3 is 0 Å². The van der Waals surface area contributed by atoms with Crippen molar-refractivity contribution in [1.29, 1.82) is 0 Å². The molecule has 8 rings (SSSR count). The lowest BCUT2D eigenvalue weighted by atomic mass is 9.91. The molecule has 0 spiro atoms. The maximum absolute atomic E-state index is 13.8. The number of nitrogens with zero attached hydrogens (tertiary/aromatic N) is 4. The van der Waals surface area contributed by atoms with Gasteiger partial charge in [-0.15, -0.1) is 5.10 Å². The first-order valence-corrected chi connectivity index (χ1v) is 23.2. The number of tetrazole rings is 1. The fourth-order valence-electron chi connectivity index (χ4n) is 7.52. The number of amides is 1. The number of nitrogens with one attached hydrogen (secondary N) is 2. The summed E-state index contributed by atoms with van der Waals surface area (Å²) < 4.78 is 44.8. The molecule has 1 amide bonds. The second-order valence-corrected chi connectivity index (χ2v) is 18.3. The number of thioether (sulfide) groups is 1. The van der Waals surface area contributed by atoms with Crippen molar-refractivity contribution in [3.05, 3.63) is 191 Å². The fraction of sp³-hybridized carbons (Fsp3) is 0.224. The molecule has 1 fully saturated rings. The third-order valence-electron chi connectivity index (χ3n) is 11.1. The van der Waals surface area contributed by atoms with Crippen LogP contribution < -0.4 is 10.0 Å². The number of para-hydroxylation sites is 1. The Hall–Kier alpha value is -6.00. The van der Waals surface area contributed by atoms with E-state index in [1.165, 1.54) is 23.9 Å². The van der Waals surface area contributed by atoms with Gasteiger partial charge in [-0.3, -0.25) is 4.79 Å². The zero-order valence-corrected chi connectivity index (χ0v) is 36.5. The number of ether oxygens (including phenoxy) is 2. The molecule has 0 bridgehead atoms. The number of aromatic nitrogens is 4. The molecule has 1 saturated heterocycles. The van der Waals surface area contributed by atoms with E-state index in [0.717, 1.165) is 50.2 Å². The molecule has 0 saturated carbocycles. The van der Waals surface area contributed by atoms with Crippen LogP contribution in [-0.4, -0.2) is 57.5 Å². The van der Waals surface area contributed by atoms with E-state index in [1.54, 1.807) is 16.8 Å². The van der Waals surface area contributed by atoms with Crippen molar-refractivity contribution in [2.45, 2.75) is 68.0 Å². The fourth-order valence-corrected chi connectivity index (χ4v) is 9.76. The first-order chi connectivity index (χ1) is 30.6. The lowest BCUT2D eigenvalue weighted by molar-refractivity contribution is -0.268. The number of benzene rings is 6. The van der Waals surface area contributed by atoms with Crippen molar-refractivity contribution in [2.24, 2.45) is 5.92 Å². The van der Waals surface area contributed by atoms with Crippen molar-refractivity contribution >= 4 is 27.7 Å². The molecule has 12 nitrogen and oxygen atoms in total. The Balaban J connectivity index is 0.996. The molecule has 3 N–H and O–H groups in total. The predicted octanol–water partition coefficient (Wildman–Crippen LogP) is 7.92. The van der Waals surface area contributed by atoms with Crippen LogP contribution in [0.4, 0.5) is 0 Å². The zero-order chi connectivity index (χ0) is 43.8. The van der Waals surface area contributed by atoms with Crippen LogP contribution in [0.5, 0.6) is 0 Å². The van der Waals surface area contributed by atoms with Crippen LogP contribution >= 0.6 is 11.8 Å². The van der Waals surface area contributed by atoms with Gasteiger partial charge in [0.05, 0.1) is 29.4 Å². The summed E-state index contributed by atoms with van der Waals surface area (Å²) in [6, 6.07) is 48.3. The van der Waals surface area contributed by atoms with Crippen LogP contribution in [0.2, 0.25) is 0 Å². The van der Waals surface area contributed by atoms with Crippen LogP contribution in [0.25, 0.3) is 16.8 Å². The molecule has 2 heterocycles. The molecule has 63 heavy (non-hydrogen) atoms. The van der Waals surface area contributed by atoms with E-state index in [0.29, 0.717) is 10.9 Å². The summed E-state index contributed by atoms with van der Waals surface area (Å²) in [6.45, 7) is 4.14. The van der Waals surface area contributed by atoms with Crippen LogP contribution in [0, 0.1) is 12.8 Å². The van der Waals surface area contributed by atoms with Gasteiger partial charge in [-0.25, -0.2) is 8.42 Å². The van der Waals surface area contributed by atoms with E-state index in [1.807, 2.05) is 134 Å². The molecule has 0 unspecified atom stereocenters. The number of hydrogen-bond acceptors (Lipinski definition) is 10. The number of aliphatic hydroxyl groups excluding tert-OH is 1. The minimum Gasteiger partial charge on any atom is -0.392 e. The highest BCUT2D eigenvalue weighted by Gasteiger charge is 2.39. The highest BCUT2D eigenvalue weighted by molar-refractivity contribution is 7.99. The number of rotatable bonds is 16. The number of carbonyl (C=O) groups excluding carboxylic acids is 1. The lowest BCUT2D eigenvalue weighted by Gasteiger charge is -2.41. The summed E-state index contributed by atoms with van der Waals surface area (Å²) in [4.78, 5) is 13.9. The summed E-state index contributed by atoms with van der Waals surface area (Å²) in [6.07, 6.45) is -1.09. The zero-order valence-electron chi connectivity index (χ0n) is 34.8. The van der Waals surface area contributed by atoms with Crippen LogP contribution in [0.15, 0.2) is 168 Å². The molecule has 1 aliphatic rings. The first-order valence-electron chi connectivity index (χ1n) is 20.7. The molecule has 1 aromatic heterocycles. The predicted molar refractivity (Wildman–Crippen MR) is 242 cm³/mol. The van der Waals surface area contributed by atoms with Gasteiger partial charge in [0.1, 0.15) is 6.04 Å². The van der Waals surface area contributed by atoms with E-state index >= 15 is 0 Å². The van der Waals surface area contributed by atoms with Gasteiger partial charge in [-0.2, -0.15) is 9.40 Å². The Labute approximate surface area is 371 Å². The minimum atomic E-state index is -3.99. The van der Waals surface area contributed by atoms with Crippen molar-refractivity contribution in [3.63, 3.8) is 0 Å². The normalized spacial score (nSPS) is 18.1. The third-order valence-corrected chi connectivity index (χ3v) is 13.6. The average molecular weight is 881 g/mol. The van der Waals surface area contributed by atoms with E-state index in [2.05, 4.69) is 38.6 Å². The second-order valence-electron chi connectivity index (χ2n) is 15.6. The first kappa shape index (κ1) is 43.6. The molecule has 0 aliphatic carbocycles. The van der Waals surface area contributed by atoms with Gasteiger partial charge < -0.3 is 19.9 Å². The largest absolute Gasteiger partial charge is 0.392 e. The summed E-state index contributed by atoms with van der Waals surface area (Å²) in [7, 11) is -3.99. The van der Waals surface area contributed by atoms with Crippen molar-refractivity contribution < 1.29 is 27.8 Å². The van der Waals surface area contributed by atoms with Crippen LogP contribution in [0.3, 0.4) is 0 Å². The SMILES string of the molecule is Cc1ccc(S(=O)(=O)N[C@H](Cc2ccccc2)C(=O)NCc2cccc(-c3cccc([C@H]4O[C@@H](CSc5nnnn5-c5ccccc5)[C@@H](C)[C@@H](c5ccc(CO)cc5)O4)c3)c2)cc1. The highest BCUT2D eigenvalue weighted by atomic mass is 32.2. The van der Waals surface area contributed by atoms with Crippen molar-refractivity contribution in [3.8, 4) is 16.8 Å². The van der Waals surface area contributed by atoms with E-state index < -0.39 is 28.3 Å². The average Bonchev–Trinajstić information content (AvgIpc) is 3.80. The Bertz CT molecular complexity index is 2720. The van der Waals surface area contributed by atoms with Crippen LogP contribution in [-0.2, 0) is 43.9 Å². The lowest BCUT2D eigenvalue weighted by Crippen LogP contribution is -2.47. The molecule has 6 aromatic carbocycles. The van der Waals surface area contributed by atoms with E-state index in [-0.39, 0.29) is 42.6 Å². The highest BCUT2D eigenvalue weighted by Crippen LogP contribution is 2.43. The van der Waals surface area contributed by atoms with Gasteiger partial charge in [0, 0.05) is 23.8 Å². The molecule has 322 valence electrons. The number of sulfonamides is 1. The van der Waals surface area contributed by atoms with Gasteiger partial charge in [-0.05, 0) is 93.6 Å². The number of aryl methyl sites for hydroxylation is 1. The van der Waals surface area contributed by atoms with Gasteiger partial charge in [0.15, 0.2) is 6.29 Å². The molecule has 5 atom stereocenters. The van der Waals surface area contributed by atoms with E-state index in [9.17, 15) is 18.3 Å². The van der Waals surface area contributed by atoms with Crippen molar-refractivity contribution in [2.75, 3.05) is 5.75 Å². The van der Waals surface area contributed by atoms with E-state index in [4.69, 9.17) is 9.47 Å². The summed E-state index contributed by atoms with van der Waals surface area (Å²) in [5.41, 5.74) is 7.95. The summed E-state index contributed by atoms with van der Waals surface area (Å²) >= 11 is 1.52. The standard InChI is InChI=1S/C49H48N6O6S2/c1-33-19-25-43(26-20-33)63(58,59)52-44(28-35-11-5-3-6-12-35)47(57)50-30-37-13-9-14-39(27-37)40-15-10-16-41(29-40)48-60-45(34(2)46(61-48)38-23-21-36(31-56)22-24-38)32-62-49-51-53-54-55(49)42-17-7-4-8-18-42/h3-27,29,34,44-46,48,52,56H,28,30-32H2,1-2H3,(H,50,57)/t34-,44-,45+,46+,48+/m1/s1. The maximum Gasteiger partial charge on any atom is 0.241 e. The number of carbonyl (C=O) groups is 1. The van der Waals surface area contributed by atoms with Crippen LogP contribution in [0.1, 0.15) is 52.7 Å². The Morgan fingerprint density at radius 1 is 0.778 bits per heavy atom. The molecule has 7 aromatic rings. The van der Waals surface area contributed by atoms with Gasteiger partial charge in [0.25, 0.3) is 0 Å². The molecule has 14 heteroatoms. The van der Waals surface area contributed by atoms with Gasteiger partial charge in [0.2, 0.25) is 21.1 Å². The topological polar surface area (TPSA) is 158 Å². The van der Waals surface area contributed by atoms with Gasteiger partial charge in [-0.1, -0.05) is 146 Å². The summed E-state index contributed by atoms with van der Waals surface area (Å²) in [5.74, 6) is 0.0784. The molecule has 0 radical (unpaired) electrons. The number of aliphatic hydroxyl groups is 1. The quantitative estimate of drug-likeness (QED) is 0.0815. The Morgan fingerprint density at radius 3 is 2.19 bits per heavy atom. The molecule has 1 aliphatic heterocycles. The maximum atomic E-state index is 13.8. The number of hydrogen-bond donors (Lipinski definition) is 3. The Morgan fingerprint density at radius 2 is 1.46 bits per heavy atom. The summed E-state index contributed by atoms with van der Waals surface area (Å²) in [5, 5.41) is 25.8. The van der Waals surface area contributed by atoms with Crippen molar-refractivity contribution in [1.82, 2.24) is 30.2 Å². The monoisotopic (exact) mass is 880 g/mol.